The van der Waals surface area contributed by atoms with E-state index in [1.807, 2.05) is 11.9 Å². The van der Waals surface area contributed by atoms with Gasteiger partial charge in [-0.3, -0.25) is 0 Å². The number of nitrogens with two attached hydrogens (primary N) is 1. The predicted octanol–water partition coefficient (Wildman–Crippen LogP) is 0.733. The number of nitrogen functional groups attached to an aromatic ring is 1. The summed E-state index contributed by atoms with van der Waals surface area (Å²) in [7, 11) is 1.86. The highest BCUT2D eigenvalue weighted by Gasteiger charge is 2.02. The average Bonchev–Trinajstić information content (AvgIpc) is 2.05. The molecule has 0 spiro atoms. The largest absolute Gasteiger partial charge is 0.396 e. The minimum absolute atomic E-state index is 0.515. The fourth-order valence-electron chi connectivity index (χ4n) is 0.940. The third-order valence-corrected chi connectivity index (χ3v) is 1.51. The number of hydrogen-bond acceptors (Lipinski definition) is 3. The van der Waals surface area contributed by atoms with Gasteiger partial charge < -0.3 is 10.6 Å². The van der Waals surface area contributed by atoms with Crippen LogP contribution in [0.25, 0.3) is 0 Å². The number of rotatable bonds is 2. The van der Waals surface area contributed by atoms with Crippen LogP contribution in [0.15, 0.2) is 18.3 Å². The molecule has 0 aliphatic heterocycles. The maximum absolute atomic E-state index is 5.68. The van der Waals surface area contributed by atoms with Gasteiger partial charge in [-0.2, -0.15) is 0 Å². The summed E-state index contributed by atoms with van der Waals surface area (Å²) >= 11 is 0. The second-order valence-electron chi connectivity index (χ2n) is 2.48. The number of pyridine rings is 1. The lowest BCUT2D eigenvalue weighted by molar-refractivity contribution is 1.01. The van der Waals surface area contributed by atoms with Crippen molar-refractivity contribution in [2.24, 2.45) is 0 Å². The van der Waals surface area contributed by atoms with E-state index in [-0.39, 0.29) is 0 Å². The van der Waals surface area contributed by atoms with Gasteiger partial charge in [0.05, 0.1) is 12.2 Å². The summed E-state index contributed by atoms with van der Waals surface area (Å²) in [5.74, 6) is 3.26. The molecule has 0 amide bonds. The second kappa shape index (κ2) is 3.63. The van der Waals surface area contributed by atoms with Gasteiger partial charge in [-0.1, -0.05) is 5.92 Å². The van der Waals surface area contributed by atoms with Crippen molar-refractivity contribution in [3.8, 4) is 12.3 Å². The Morgan fingerprint density at radius 2 is 2.50 bits per heavy atom. The zero-order valence-electron chi connectivity index (χ0n) is 6.99. The molecule has 0 saturated heterocycles. The Morgan fingerprint density at radius 3 is 3.08 bits per heavy atom. The Balaban J connectivity index is 2.88. The summed E-state index contributed by atoms with van der Waals surface area (Å²) in [6.45, 7) is 0.515. The predicted molar refractivity (Wildman–Crippen MR) is 50.8 cm³/mol. The smallest absolute Gasteiger partial charge is 0.152 e. The van der Waals surface area contributed by atoms with Crippen LogP contribution in [-0.4, -0.2) is 18.6 Å². The van der Waals surface area contributed by atoms with Crippen molar-refractivity contribution >= 4 is 11.5 Å². The first-order valence-electron chi connectivity index (χ1n) is 3.61. The number of hydrogen-bond donors (Lipinski definition) is 1. The topological polar surface area (TPSA) is 42.2 Å². The van der Waals surface area contributed by atoms with E-state index in [1.54, 1.807) is 18.3 Å². The van der Waals surface area contributed by atoms with Crippen molar-refractivity contribution in [3.05, 3.63) is 18.3 Å². The zero-order chi connectivity index (χ0) is 8.97. The van der Waals surface area contributed by atoms with E-state index in [1.165, 1.54) is 0 Å². The van der Waals surface area contributed by atoms with E-state index in [2.05, 4.69) is 10.9 Å². The molecule has 62 valence electrons. The summed E-state index contributed by atoms with van der Waals surface area (Å²) in [6.07, 6.45) is 6.85. The monoisotopic (exact) mass is 161 g/mol. The summed E-state index contributed by atoms with van der Waals surface area (Å²) in [5, 5.41) is 0. The van der Waals surface area contributed by atoms with Gasteiger partial charge in [0, 0.05) is 13.2 Å². The van der Waals surface area contributed by atoms with Crippen molar-refractivity contribution in [2.75, 3.05) is 24.2 Å². The molecule has 1 rings (SSSR count). The van der Waals surface area contributed by atoms with Gasteiger partial charge in [0.15, 0.2) is 5.82 Å². The minimum atomic E-state index is 0.515. The van der Waals surface area contributed by atoms with E-state index in [0.29, 0.717) is 12.2 Å². The Hall–Kier alpha value is -1.69. The molecule has 0 aromatic carbocycles. The SMILES string of the molecule is C#CCN(C)c1ncccc1N. The van der Waals surface area contributed by atoms with Crippen LogP contribution in [0, 0.1) is 12.3 Å². The first kappa shape index (κ1) is 8.41. The molecule has 0 atom stereocenters. The van der Waals surface area contributed by atoms with Gasteiger partial charge in [0.2, 0.25) is 0 Å². The van der Waals surface area contributed by atoms with Crippen LogP contribution in [0.5, 0.6) is 0 Å². The molecular formula is C9H11N3. The number of terminal acetylenes is 1. The van der Waals surface area contributed by atoms with Gasteiger partial charge in [-0.05, 0) is 12.1 Å². The maximum atomic E-state index is 5.68. The lowest BCUT2D eigenvalue weighted by Crippen LogP contribution is -2.19. The molecule has 0 fully saturated rings. The number of aromatic nitrogens is 1. The molecule has 2 N–H and O–H groups in total. The highest BCUT2D eigenvalue weighted by atomic mass is 15.2. The molecule has 0 saturated carbocycles. The quantitative estimate of drug-likeness (QED) is 0.650. The molecule has 1 heterocycles. The fourth-order valence-corrected chi connectivity index (χ4v) is 0.940. The van der Waals surface area contributed by atoms with E-state index >= 15 is 0 Å². The molecule has 1 aromatic rings. The van der Waals surface area contributed by atoms with Gasteiger partial charge in [0.25, 0.3) is 0 Å². The van der Waals surface area contributed by atoms with Crippen LogP contribution in [0.3, 0.4) is 0 Å². The van der Waals surface area contributed by atoms with Crippen molar-refractivity contribution in [3.63, 3.8) is 0 Å². The second-order valence-corrected chi connectivity index (χ2v) is 2.48. The highest BCUT2D eigenvalue weighted by molar-refractivity contribution is 5.62. The third-order valence-electron chi connectivity index (χ3n) is 1.51. The first-order chi connectivity index (χ1) is 5.75. The molecule has 0 aliphatic rings. The molecule has 0 unspecified atom stereocenters. The molecular weight excluding hydrogens is 150 g/mol. The van der Waals surface area contributed by atoms with Crippen LogP contribution in [0.1, 0.15) is 0 Å². The van der Waals surface area contributed by atoms with E-state index in [4.69, 9.17) is 12.2 Å². The van der Waals surface area contributed by atoms with Crippen LogP contribution >= 0.6 is 0 Å². The van der Waals surface area contributed by atoms with Crippen molar-refractivity contribution < 1.29 is 0 Å². The molecule has 0 aliphatic carbocycles. The molecule has 3 heteroatoms. The van der Waals surface area contributed by atoms with Crippen LogP contribution in [0.4, 0.5) is 11.5 Å². The van der Waals surface area contributed by atoms with Crippen molar-refractivity contribution in [1.82, 2.24) is 4.98 Å². The molecule has 0 radical (unpaired) electrons. The van der Waals surface area contributed by atoms with Crippen molar-refractivity contribution in [2.45, 2.75) is 0 Å². The molecule has 12 heavy (non-hydrogen) atoms. The summed E-state index contributed by atoms with van der Waals surface area (Å²) in [5.41, 5.74) is 6.33. The van der Waals surface area contributed by atoms with E-state index < -0.39 is 0 Å². The molecule has 1 aromatic heterocycles. The fraction of sp³-hybridized carbons (Fsp3) is 0.222. The van der Waals surface area contributed by atoms with Crippen LogP contribution < -0.4 is 10.6 Å². The summed E-state index contributed by atoms with van der Waals surface area (Å²) in [6, 6.07) is 3.60. The zero-order valence-corrected chi connectivity index (χ0v) is 6.99. The average molecular weight is 161 g/mol. The molecule has 3 nitrogen and oxygen atoms in total. The minimum Gasteiger partial charge on any atom is -0.396 e. The van der Waals surface area contributed by atoms with E-state index in [9.17, 15) is 0 Å². The van der Waals surface area contributed by atoms with Gasteiger partial charge in [-0.15, -0.1) is 6.42 Å². The maximum Gasteiger partial charge on any atom is 0.152 e. The Labute approximate surface area is 72.2 Å². The van der Waals surface area contributed by atoms with E-state index in [0.717, 1.165) is 5.82 Å². The number of nitrogens with zero attached hydrogens (tertiary/aromatic N) is 2. The van der Waals surface area contributed by atoms with Gasteiger partial charge in [0.1, 0.15) is 0 Å². The molecule has 0 bridgehead atoms. The first-order valence-corrected chi connectivity index (χ1v) is 3.61. The van der Waals surface area contributed by atoms with Crippen molar-refractivity contribution in [1.29, 1.82) is 0 Å². The highest BCUT2D eigenvalue weighted by Crippen LogP contribution is 2.16. The Kier molecular flexibility index (Phi) is 2.54. The third kappa shape index (κ3) is 1.67. The van der Waals surface area contributed by atoms with Gasteiger partial charge in [-0.25, -0.2) is 4.98 Å². The Morgan fingerprint density at radius 1 is 1.75 bits per heavy atom. The van der Waals surface area contributed by atoms with Crippen LogP contribution in [0.2, 0.25) is 0 Å². The van der Waals surface area contributed by atoms with Gasteiger partial charge >= 0.3 is 0 Å². The van der Waals surface area contributed by atoms with Crippen LogP contribution in [-0.2, 0) is 0 Å². The Bertz CT molecular complexity index is 301. The standard InChI is InChI=1S/C9H11N3/c1-3-7-12(2)9-8(10)5-4-6-11-9/h1,4-6H,7,10H2,2H3. The summed E-state index contributed by atoms with van der Waals surface area (Å²) in [4.78, 5) is 5.93. The normalized spacial score (nSPS) is 9.00. The lowest BCUT2D eigenvalue weighted by atomic mass is 10.4. The number of anilines is 2. The lowest BCUT2D eigenvalue weighted by Gasteiger charge is -2.15. The summed E-state index contributed by atoms with van der Waals surface area (Å²) < 4.78 is 0.